The lowest BCUT2D eigenvalue weighted by atomic mass is 10.1. The molecule has 1 unspecified atom stereocenters. The number of nitrogens with zero attached hydrogens (tertiary/aromatic N) is 1. The van der Waals surface area contributed by atoms with Crippen LogP contribution in [0.2, 0.25) is 0 Å². The summed E-state index contributed by atoms with van der Waals surface area (Å²) < 4.78 is 0. The van der Waals surface area contributed by atoms with Crippen molar-refractivity contribution in [2.24, 2.45) is 5.92 Å². The van der Waals surface area contributed by atoms with Crippen molar-refractivity contribution in [2.75, 3.05) is 19.0 Å². The van der Waals surface area contributed by atoms with Gasteiger partial charge in [-0.3, -0.25) is 10.1 Å². The Hall–Kier alpha value is -0.770. The monoisotopic (exact) mass is 218 g/mol. The molecule has 4 nitrogen and oxygen atoms in total. The lowest BCUT2D eigenvalue weighted by Crippen LogP contribution is -2.42. The summed E-state index contributed by atoms with van der Waals surface area (Å²) in [6.07, 6.45) is 2.10. The average molecular weight is 219 g/mol. The Balaban J connectivity index is 2.35. The van der Waals surface area contributed by atoms with Crippen LogP contribution in [-0.4, -0.2) is 35.8 Å². The molecule has 1 aliphatic heterocycles. The molecule has 0 aliphatic carbocycles. The van der Waals surface area contributed by atoms with Crippen molar-refractivity contribution >= 4 is 23.5 Å². The third kappa shape index (κ3) is 2.87. The zero-order valence-electron chi connectivity index (χ0n) is 8.25. The maximum absolute atomic E-state index is 11.4. The fraction of sp³-hybridized carbons (Fsp3) is 0.778. The zero-order chi connectivity index (χ0) is 10.6. The van der Waals surface area contributed by atoms with Crippen LogP contribution in [0.5, 0.6) is 0 Å². The summed E-state index contributed by atoms with van der Waals surface area (Å²) in [7, 11) is 0. The molecule has 0 spiro atoms. The molecule has 1 fully saturated rings. The van der Waals surface area contributed by atoms with Crippen LogP contribution in [0.15, 0.2) is 0 Å². The van der Waals surface area contributed by atoms with Gasteiger partial charge in [0, 0.05) is 13.1 Å². The Morgan fingerprint density at radius 1 is 1.57 bits per heavy atom. The minimum atomic E-state index is -0.434. The van der Waals surface area contributed by atoms with E-state index < -0.39 is 5.91 Å². The number of carbonyl (C=O) groups is 2. The first kappa shape index (κ1) is 11.3. The lowest BCUT2D eigenvalue weighted by molar-refractivity contribution is -0.117. The molecule has 1 atom stereocenters. The fourth-order valence-corrected chi connectivity index (χ4v) is 1.65. The standard InChI is InChI=1S/C9H15ClN2O2/c1-2-7-3-4-12(6-7)9(14)11-8(13)5-10/h7H,2-6H2,1H3,(H,11,13,14). The molecule has 0 aromatic heterocycles. The molecule has 0 radical (unpaired) electrons. The molecule has 5 heteroatoms. The smallest absolute Gasteiger partial charge is 0.324 e. The van der Waals surface area contributed by atoms with Crippen molar-refractivity contribution in [1.29, 1.82) is 0 Å². The van der Waals surface area contributed by atoms with Gasteiger partial charge in [0.2, 0.25) is 5.91 Å². The highest BCUT2D eigenvalue weighted by molar-refractivity contribution is 6.28. The van der Waals surface area contributed by atoms with Gasteiger partial charge in [-0.1, -0.05) is 13.3 Å². The van der Waals surface area contributed by atoms with Gasteiger partial charge < -0.3 is 4.90 Å². The molecule has 0 bridgehead atoms. The van der Waals surface area contributed by atoms with Crippen molar-refractivity contribution in [3.8, 4) is 0 Å². The molecular weight excluding hydrogens is 204 g/mol. The van der Waals surface area contributed by atoms with Gasteiger partial charge in [0.1, 0.15) is 5.88 Å². The predicted octanol–water partition coefficient (Wildman–Crippen LogP) is 1.19. The molecule has 0 saturated carbocycles. The maximum atomic E-state index is 11.4. The van der Waals surface area contributed by atoms with Gasteiger partial charge in [-0.15, -0.1) is 11.6 Å². The van der Waals surface area contributed by atoms with Crippen LogP contribution in [0.4, 0.5) is 4.79 Å². The van der Waals surface area contributed by atoms with Crippen LogP contribution in [0.3, 0.4) is 0 Å². The summed E-state index contributed by atoms with van der Waals surface area (Å²) in [5.41, 5.74) is 0. The number of imide groups is 1. The number of halogens is 1. The Kier molecular flexibility index (Phi) is 4.20. The van der Waals surface area contributed by atoms with Crippen LogP contribution in [0.1, 0.15) is 19.8 Å². The topological polar surface area (TPSA) is 49.4 Å². The number of amides is 3. The number of hydrogen-bond acceptors (Lipinski definition) is 2. The molecule has 14 heavy (non-hydrogen) atoms. The van der Waals surface area contributed by atoms with Gasteiger partial charge in [0.25, 0.3) is 0 Å². The number of alkyl halides is 1. The molecule has 1 saturated heterocycles. The summed E-state index contributed by atoms with van der Waals surface area (Å²) in [6, 6.07) is -0.313. The molecular formula is C9H15ClN2O2. The molecule has 0 aromatic rings. The van der Waals surface area contributed by atoms with Gasteiger partial charge in [0.05, 0.1) is 0 Å². The molecule has 80 valence electrons. The van der Waals surface area contributed by atoms with Gasteiger partial charge >= 0.3 is 6.03 Å². The van der Waals surface area contributed by atoms with E-state index in [0.29, 0.717) is 5.92 Å². The Morgan fingerprint density at radius 2 is 2.29 bits per heavy atom. The second kappa shape index (κ2) is 5.20. The van der Waals surface area contributed by atoms with Gasteiger partial charge in [0.15, 0.2) is 0 Å². The largest absolute Gasteiger partial charge is 0.324 e. The number of hydrogen-bond donors (Lipinski definition) is 1. The summed E-state index contributed by atoms with van der Waals surface area (Å²) in [5.74, 6) is -0.0278. The highest BCUT2D eigenvalue weighted by Crippen LogP contribution is 2.18. The Morgan fingerprint density at radius 3 is 2.79 bits per heavy atom. The second-order valence-corrected chi connectivity index (χ2v) is 3.76. The first-order valence-electron chi connectivity index (χ1n) is 4.82. The first-order valence-corrected chi connectivity index (χ1v) is 5.35. The van der Waals surface area contributed by atoms with Crippen LogP contribution < -0.4 is 5.32 Å². The van der Waals surface area contributed by atoms with Crippen molar-refractivity contribution < 1.29 is 9.59 Å². The van der Waals surface area contributed by atoms with Crippen molar-refractivity contribution in [3.05, 3.63) is 0 Å². The fourth-order valence-electron chi connectivity index (χ4n) is 1.58. The number of likely N-dealkylation sites (tertiary alicyclic amines) is 1. The molecule has 0 aromatic carbocycles. The van der Waals surface area contributed by atoms with Crippen molar-refractivity contribution in [3.63, 3.8) is 0 Å². The summed E-state index contributed by atoms with van der Waals surface area (Å²) in [4.78, 5) is 23.9. The molecule has 1 heterocycles. The molecule has 1 N–H and O–H groups in total. The molecule has 1 aliphatic rings. The normalized spacial score (nSPS) is 21.0. The molecule has 1 rings (SSSR count). The first-order chi connectivity index (χ1) is 6.67. The zero-order valence-corrected chi connectivity index (χ0v) is 9.01. The van der Waals surface area contributed by atoms with Crippen LogP contribution in [0, 0.1) is 5.92 Å². The van der Waals surface area contributed by atoms with E-state index in [-0.39, 0.29) is 11.9 Å². The van der Waals surface area contributed by atoms with E-state index in [1.807, 2.05) is 0 Å². The minimum Gasteiger partial charge on any atom is -0.324 e. The van der Waals surface area contributed by atoms with E-state index in [4.69, 9.17) is 11.6 Å². The number of carbonyl (C=O) groups excluding carboxylic acids is 2. The third-order valence-corrected chi connectivity index (χ3v) is 2.76. The number of rotatable bonds is 2. The quantitative estimate of drug-likeness (QED) is 0.708. The average Bonchev–Trinajstić information content (AvgIpc) is 2.65. The highest BCUT2D eigenvalue weighted by Gasteiger charge is 2.25. The van der Waals surface area contributed by atoms with Gasteiger partial charge in [-0.25, -0.2) is 4.79 Å². The van der Waals surface area contributed by atoms with Crippen LogP contribution in [-0.2, 0) is 4.79 Å². The Labute approximate surface area is 88.6 Å². The second-order valence-electron chi connectivity index (χ2n) is 3.50. The third-order valence-electron chi connectivity index (χ3n) is 2.52. The van der Waals surface area contributed by atoms with Crippen LogP contribution >= 0.6 is 11.6 Å². The van der Waals surface area contributed by atoms with Crippen LogP contribution in [0.25, 0.3) is 0 Å². The summed E-state index contributed by atoms with van der Waals surface area (Å²) in [5, 5.41) is 2.23. The Bertz CT molecular complexity index is 233. The predicted molar refractivity (Wildman–Crippen MR) is 54.2 cm³/mol. The molecule has 3 amide bonds. The van der Waals surface area contributed by atoms with E-state index in [2.05, 4.69) is 12.2 Å². The van der Waals surface area contributed by atoms with E-state index in [9.17, 15) is 9.59 Å². The van der Waals surface area contributed by atoms with Crippen molar-refractivity contribution in [1.82, 2.24) is 10.2 Å². The maximum Gasteiger partial charge on any atom is 0.324 e. The number of urea groups is 1. The minimum absolute atomic E-state index is 0.170. The number of nitrogens with one attached hydrogen (secondary N) is 1. The summed E-state index contributed by atoms with van der Waals surface area (Å²) >= 11 is 5.28. The highest BCUT2D eigenvalue weighted by atomic mass is 35.5. The summed E-state index contributed by atoms with van der Waals surface area (Å²) in [6.45, 7) is 3.59. The SMILES string of the molecule is CCC1CCN(C(=O)NC(=O)CCl)C1. The van der Waals surface area contributed by atoms with Gasteiger partial charge in [-0.2, -0.15) is 0 Å². The van der Waals surface area contributed by atoms with E-state index in [0.717, 1.165) is 25.9 Å². The lowest BCUT2D eigenvalue weighted by Gasteiger charge is -2.15. The van der Waals surface area contributed by atoms with E-state index in [1.165, 1.54) is 0 Å². The van der Waals surface area contributed by atoms with Gasteiger partial charge in [-0.05, 0) is 12.3 Å². The van der Waals surface area contributed by atoms with E-state index >= 15 is 0 Å². The van der Waals surface area contributed by atoms with Crippen molar-refractivity contribution in [2.45, 2.75) is 19.8 Å². The van der Waals surface area contributed by atoms with E-state index in [1.54, 1.807) is 4.90 Å².